The molecule has 3 atom stereocenters. The summed E-state index contributed by atoms with van der Waals surface area (Å²) in [4.78, 5) is 49.1. The lowest BCUT2D eigenvalue weighted by Gasteiger charge is -2.33. The van der Waals surface area contributed by atoms with Crippen LogP contribution in [0.3, 0.4) is 0 Å². The van der Waals surface area contributed by atoms with Crippen molar-refractivity contribution in [1.82, 2.24) is 0 Å². The predicted octanol–water partition coefficient (Wildman–Crippen LogP) is 10.8. The fraction of sp³-hybridized carbons (Fsp3) is 0.750. The molecular formula is C40H66O4. The lowest BCUT2D eigenvalue weighted by molar-refractivity contribution is -0.131. The summed E-state index contributed by atoms with van der Waals surface area (Å²) in [7, 11) is 0. The summed E-state index contributed by atoms with van der Waals surface area (Å²) in [5, 5.41) is 0. The van der Waals surface area contributed by atoms with Gasteiger partial charge in [-0.05, 0) is 79.4 Å². The summed E-state index contributed by atoms with van der Waals surface area (Å²) < 4.78 is 0. The third-order valence-electron chi connectivity index (χ3n) is 9.51. The van der Waals surface area contributed by atoms with Crippen LogP contribution in [0, 0.1) is 30.6 Å². The Morgan fingerprint density at radius 2 is 1.52 bits per heavy atom. The van der Waals surface area contributed by atoms with E-state index in [-0.39, 0.29) is 52.7 Å². The van der Waals surface area contributed by atoms with Crippen molar-refractivity contribution in [3.05, 3.63) is 34.4 Å². The highest BCUT2D eigenvalue weighted by molar-refractivity contribution is 6.01. The van der Waals surface area contributed by atoms with Gasteiger partial charge in [-0.15, -0.1) is 0 Å². The van der Waals surface area contributed by atoms with E-state index in [1.165, 1.54) is 43.2 Å². The minimum atomic E-state index is -0.0677. The van der Waals surface area contributed by atoms with E-state index in [1.54, 1.807) is 6.92 Å². The number of carbonyl (C=O) groups excluding carboxylic acids is 4. The van der Waals surface area contributed by atoms with Gasteiger partial charge in [0.1, 0.15) is 17.3 Å². The van der Waals surface area contributed by atoms with E-state index < -0.39 is 0 Å². The molecule has 0 spiro atoms. The summed E-state index contributed by atoms with van der Waals surface area (Å²) in [5.74, 6) is 1.95. The summed E-state index contributed by atoms with van der Waals surface area (Å²) in [5.41, 5.74) is 4.55. The van der Waals surface area contributed by atoms with Gasteiger partial charge in [0, 0.05) is 30.7 Å². The van der Waals surface area contributed by atoms with E-state index >= 15 is 0 Å². The normalized spacial score (nSPS) is 17.9. The Morgan fingerprint density at radius 1 is 0.932 bits per heavy atom. The Balaban J connectivity index is 0.00000108. The molecule has 1 fully saturated rings. The van der Waals surface area contributed by atoms with E-state index in [0.29, 0.717) is 25.2 Å². The minimum absolute atomic E-state index is 0.0196. The Hall–Kier alpha value is -2.10. The number of ketones is 4. The third-order valence-corrected chi connectivity index (χ3v) is 9.51. The van der Waals surface area contributed by atoms with E-state index in [9.17, 15) is 19.2 Å². The monoisotopic (exact) mass is 610 g/mol. The fourth-order valence-electron chi connectivity index (χ4n) is 7.24. The van der Waals surface area contributed by atoms with Crippen LogP contribution in [0.1, 0.15) is 179 Å². The van der Waals surface area contributed by atoms with Crippen molar-refractivity contribution in [2.75, 3.05) is 0 Å². The first kappa shape index (κ1) is 39.9. The van der Waals surface area contributed by atoms with Crippen molar-refractivity contribution in [3.8, 4) is 0 Å². The fourth-order valence-corrected chi connectivity index (χ4v) is 7.24. The summed E-state index contributed by atoms with van der Waals surface area (Å²) in [6, 6.07) is 4.39. The van der Waals surface area contributed by atoms with Gasteiger partial charge in [0.15, 0.2) is 5.78 Å². The van der Waals surface area contributed by atoms with Gasteiger partial charge in [-0.2, -0.15) is 0 Å². The van der Waals surface area contributed by atoms with E-state index in [0.717, 1.165) is 49.7 Å². The SMILES string of the molecule is CCC.CCC(C)=O.CCCC(CC1CC(=O)c2c(ccc(C(C)(C)C)c2C)C1)C(CC)C(=O)CC(=O)CCC1CCCC1. The van der Waals surface area contributed by atoms with Gasteiger partial charge in [0.2, 0.25) is 0 Å². The van der Waals surface area contributed by atoms with Crippen LogP contribution in [0.15, 0.2) is 12.1 Å². The van der Waals surface area contributed by atoms with Crippen LogP contribution in [0.2, 0.25) is 0 Å². The molecule has 0 amide bonds. The maximum Gasteiger partial charge on any atom is 0.163 e. The van der Waals surface area contributed by atoms with Crippen molar-refractivity contribution in [2.45, 2.75) is 171 Å². The molecule has 4 heteroatoms. The topological polar surface area (TPSA) is 68.3 Å². The van der Waals surface area contributed by atoms with Gasteiger partial charge >= 0.3 is 0 Å². The highest BCUT2D eigenvalue weighted by atomic mass is 16.1. The Bertz CT molecular complexity index is 1050. The summed E-state index contributed by atoms with van der Waals surface area (Å²) >= 11 is 0. The van der Waals surface area contributed by atoms with Gasteiger partial charge in [0.25, 0.3) is 0 Å². The van der Waals surface area contributed by atoms with Crippen molar-refractivity contribution in [1.29, 1.82) is 0 Å². The Morgan fingerprint density at radius 3 is 2.02 bits per heavy atom. The van der Waals surface area contributed by atoms with Gasteiger partial charge in [-0.1, -0.05) is 112 Å². The van der Waals surface area contributed by atoms with Crippen LogP contribution < -0.4 is 0 Å². The molecule has 0 heterocycles. The zero-order valence-electron chi connectivity index (χ0n) is 30.2. The third kappa shape index (κ3) is 13.1. The van der Waals surface area contributed by atoms with Crippen molar-refractivity contribution >= 4 is 23.1 Å². The highest BCUT2D eigenvalue weighted by Crippen LogP contribution is 2.39. The summed E-state index contributed by atoms with van der Waals surface area (Å²) in [6.45, 7) is 20.7. The molecular weight excluding hydrogens is 544 g/mol. The molecule has 250 valence electrons. The second kappa shape index (κ2) is 20.1. The van der Waals surface area contributed by atoms with Gasteiger partial charge in [-0.25, -0.2) is 0 Å². The van der Waals surface area contributed by atoms with Gasteiger partial charge < -0.3 is 4.79 Å². The molecule has 44 heavy (non-hydrogen) atoms. The van der Waals surface area contributed by atoms with Crippen molar-refractivity contribution < 1.29 is 19.2 Å². The lowest BCUT2D eigenvalue weighted by atomic mass is 9.71. The molecule has 0 N–H and O–H groups in total. The Kier molecular flexibility index (Phi) is 18.2. The number of fused-ring (bicyclic) bond motifs is 1. The molecule has 1 aromatic rings. The minimum Gasteiger partial charge on any atom is -0.300 e. The van der Waals surface area contributed by atoms with Crippen LogP contribution in [-0.2, 0) is 26.2 Å². The maximum absolute atomic E-state index is 13.3. The smallest absolute Gasteiger partial charge is 0.163 e. The molecule has 3 unspecified atom stereocenters. The average molecular weight is 611 g/mol. The first-order valence-electron chi connectivity index (χ1n) is 17.9. The number of hydrogen-bond donors (Lipinski definition) is 0. The zero-order valence-corrected chi connectivity index (χ0v) is 30.2. The van der Waals surface area contributed by atoms with Crippen LogP contribution in [0.5, 0.6) is 0 Å². The van der Waals surface area contributed by atoms with Crippen LogP contribution in [0.4, 0.5) is 0 Å². The van der Waals surface area contributed by atoms with Crippen LogP contribution >= 0.6 is 0 Å². The average Bonchev–Trinajstić information content (AvgIpc) is 3.46. The molecule has 0 saturated heterocycles. The second-order valence-electron chi connectivity index (χ2n) is 14.7. The molecule has 0 radical (unpaired) electrons. The number of carbonyl (C=O) groups is 4. The van der Waals surface area contributed by atoms with Gasteiger partial charge in [0.05, 0.1) is 6.42 Å². The van der Waals surface area contributed by atoms with Crippen molar-refractivity contribution in [3.63, 3.8) is 0 Å². The van der Waals surface area contributed by atoms with E-state index in [4.69, 9.17) is 0 Å². The number of rotatable bonds is 13. The largest absolute Gasteiger partial charge is 0.300 e. The first-order chi connectivity index (χ1) is 20.7. The van der Waals surface area contributed by atoms with Gasteiger partial charge in [-0.3, -0.25) is 14.4 Å². The standard InChI is InChI=1S/C33H50O3.C4H8O.C3H8/c1-7-11-25(28(8-2)30(35)21-27(34)16-14-23-12-9-10-13-23)18-24-19-26-15-17-29(33(4,5)6)22(3)32(26)31(36)20-24;1-3-4(2)5;1-3-2/h15,17,23-25,28H,7-14,16,18-21H2,1-6H3;3H2,1-2H3;3H2,1-2H3. The number of benzene rings is 1. The molecule has 0 aromatic heterocycles. The predicted molar refractivity (Wildman–Crippen MR) is 186 cm³/mol. The highest BCUT2D eigenvalue weighted by Gasteiger charge is 2.34. The molecule has 2 aliphatic carbocycles. The van der Waals surface area contributed by atoms with Crippen LogP contribution in [-0.4, -0.2) is 23.1 Å². The first-order valence-corrected chi connectivity index (χ1v) is 17.9. The zero-order chi connectivity index (χ0) is 33.4. The molecule has 0 bridgehead atoms. The quantitative estimate of drug-likeness (QED) is 0.208. The molecule has 2 aliphatic rings. The second-order valence-corrected chi connectivity index (χ2v) is 14.7. The number of Topliss-reactive ketones (excluding diaryl/α,β-unsaturated/α-hetero) is 4. The molecule has 1 saturated carbocycles. The van der Waals surface area contributed by atoms with E-state index in [2.05, 4.69) is 67.5 Å². The molecule has 3 rings (SSSR count). The Labute approximate surface area is 270 Å². The van der Waals surface area contributed by atoms with E-state index in [1.807, 2.05) is 6.92 Å². The molecule has 4 nitrogen and oxygen atoms in total. The summed E-state index contributed by atoms with van der Waals surface area (Å²) in [6.07, 6.45) is 13.8. The van der Waals surface area contributed by atoms with Crippen LogP contribution in [0.25, 0.3) is 0 Å². The lowest BCUT2D eigenvalue weighted by Crippen LogP contribution is -2.30. The molecule has 1 aromatic carbocycles. The molecule has 0 aliphatic heterocycles. The maximum atomic E-state index is 13.3. The number of hydrogen-bond acceptors (Lipinski definition) is 4. The van der Waals surface area contributed by atoms with Crippen molar-refractivity contribution in [2.24, 2.45) is 23.7 Å².